The van der Waals surface area contributed by atoms with Crippen molar-refractivity contribution < 1.29 is 28.7 Å². The van der Waals surface area contributed by atoms with E-state index < -0.39 is 30.2 Å². The number of halogens is 1. The summed E-state index contributed by atoms with van der Waals surface area (Å²) in [6.07, 6.45) is 0.0677. The maximum atomic E-state index is 12.5. The summed E-state index contributed by atoms with van der Waals surface area (Å²) < 4.78 is 11.4. The molecule has 0 bridgehead atoms. The van der Waals surface area contributed by atoms with E-state index in [0.717, 1.165) is 10.0 Å². The Balaban J connectivity index is 1.26. The number of carbonyl (C=O) groups excluding carboxylic acids is 4. The molecule has 1 fully saturated rings. The Morgan fingerprint density at radius 1 is 0.886 bits per heavy atom. The van der Waals surface area contributed by atoms with Crippen LogP contribution in [0.3, 0.4) is 0 Å². The van der Waals surface area contributed by atoms with Gasteiger partial charge < -0.3 is 14.4 Å². The first-order valence-corrected chi connectivity index (χ1v) is 11.8. The Labute approximate surface area is 210 Å². The van der Waals surface area contributed by atoms with Crippen molar-refractivity contribution in [1.29, 1.82) is 0 Å². The lowest BCUT2D eigenvalue weighted by atomic mass is 10.1. The number of Topliss-reactive ketones (excluding diaryl/α,β-unsaturated/α-hetero) is 1. The van der Waals surface area contributed by atoms with E-state index in [4.69, 9.17) is 9.47 Å². The maximum Gasteiger partial charge on any atom is 0.343 e. The highest BCUT2D eigenvalue weighted by molar-refractivity contribution is 9.10. The fraction of sp³-hybridized carbons (Fsp3) is 0.185. The summed E-state index contributed by atoms with van der Waals surface area (Å²) in [5, 5.41) is 0. The first-order valence-electron chi connectivity index (χ1n) is 11.0. The van der Waals surface area contributed by atoms with E-state index in [-0.39, 0.29) is 24.6 Å². The van der Waals surface area contributed by atoms with Gasteiger partial charge >= 0.3 is 11.9 Å². The Kier molecular flexibility index (Phi) is 7.72. The van der Waals surface area contributed by atoms with Gasteiger partial charge in [-0.1, -0.05) is 46.3 Å². The van der Waals surface area contributed by atoms with Crippen molar-refractivity contribution in [2.75, 3.05) is 13.2 Å². The Hall–Kier alpha value is -3.78. The van der Waals surface area contributed by atoms with Gasteiger partial charge in [-0.2, -0.15) is 0 Å². The third kappa shape index (κ3) is 6.42. The highest BCUT2D eigenvalue weighted by atomic mass is 79.9. The van der Waals surface area contributed by atoms with Gasteiger partial charge in [-0.15, -0.1) is 0 Å². The van der Waals surface area contributed by atoms with Gasteiger partial charge in [0.2, 0.25) is 5.91 Å². The number of hydrogen-bond donors (Lipinski definition) is 0. The minimum atomic E-state index is -0.598. The van der Waals surface area contributed by atoms with Crippen LogP contribution in [0.2, 0.25) is 0 Å². The van der Waals surface area contributed by atoms with Crippen LogP contribution in [0, 0.1) is 5.92 Å². The quantitative estimate of drug-likeness (QED) is 0.240. The highest BCUT2D eigenvalue weighted by Gasteiger charge is 2.35. The molecule has 0 spiro atoms. The summed E-state index contributed by atoms with van der Waals surface area (Å²) in [6, 6.07) is 22.3. The van der Waals surface area contributed by atoms with Gasteiger partial charge in [0.15, 0.2) is 12.4 Å². The fourth-order valence-electron chi connectivity index (χ4n) is 3.69. The van der Waals surface area contributed by atoms with E-state index in [0.29, 0.717) is 17.7 Å². The number of ketones is 1. The average Bonchev–Trinajstić information content (AvgIpc) is 3.23. The molecule has 0 N–H and O–H groups in total. The molecule has 1 aliphatic heterocycles. The lowest BCUT2D eigenvalue weighted by molar-refractivity contribution is -0.147. The summed E-state index contributed by atoms with van der Waals surface area (Å²) >= 11 is 3.31. The molecule has 1 amide bonds. The number of hydrogen-bond acceptors (Lipinski definition) is 6. The normalized spacial score (nSPS) is 15.1. The number of esters is 2. The Morgan fingerprint density at radius 3 is 2.23 bits per heavy atom. The molecular formula is C27H22BrNO6. The summed E-state index contributed by atoms with van der Waals surface area (Å²) in [7, 11) is 0. The Morgan fingerprint density at radius 2 is 1.54 bits per heavy atom. The predicted molar refractivity (Wildman–Crippen MR) is 131 cm³/mol. The Bertz CT molecular complexity index is 1220. The summed E-state index contributed by atoms with van der Waals surface area (Å²) in [6.45, 7) is 0.264. The molecule has 0 radical (unpaired) electrons. The molecule has 1 atom stereocenters. The largest absolute Gasteiger partial charge is 0.457 e. The zero-order chi connectivity index (χ0) is 24.8. The van der Waals surface area contributed by atoms with Crippen LogP contribution in [-0.2, 0) is 20.9 Å². The van der Waals surface area contributed by atoms with E-state index in [2.05, 4.69) is 15.9 Å². The second-order valence-corrected chi connectivity index (χ2v) is 9.03. The number of ether oxygens (including phenoxy) is 2. The highest BCUT2D eigenvalue weighted by Crippen LogP contribution is 2.22. The van der Waals surface area contributed by atoms with Crippen molar-refractivity contribution in [2.24, 2.45) is 5.92 Å². The molecule has 8 heteroatoms. The first kappa shape index (κ1) is 24.3. The molecule has 0 unspecified atom stereocenters. The minimum absolute atomic E-state index is 0.0677. The van der Waals surface area contributed by atoms with Crippen LogP contribution in [-0.4, -0.2) is 41.7 Å². The number of nitrogens with zero attached hydrogens (tertiary/aromatic N) is 1. The van der Waals surface area contributed by atoms with Gasteiger partial charge in [0.1, 0.15) is 5.75 Å². The summed E-state index contributed by atoms with van der Waals surface area (Å²) in [4.78, 5) is 51.0. The monoisotopic (exact) mass is 535 g/mol. The molecule has 35 heavy (non-hydrogen) atoms. The van der Waals surface area contributed by atoms with Crippen molar-refractivity contribution in [3.05, 3.63) is 100 Å². The fourth-order valence-corrected chi connectivity index (χ4v) is 3.95. The first-order chi connectivity index (χ1) is 16.9. The molecule has 0 saturated carbocycles. The van der Waals surface area contributed by atoms with E-state index in [9.17, 15) is 19.2 Å². The van der Waals surface area contributed by atoms with Gasteiger partial charge in [-0.3, -0.25) is 14.4 Å². The lowest BCUT2D eigenvalue weighted by Gasteiger charge is -2.16. The molecule has 0 aliphatic carbocycles. The average molecular weight is 536 g/mol. The van der Waals surface area contributed by atoms with Crippen LogP contribution >= 0.6 is 15.9 Å². The second-order valence-electron chi connectivity index (χ2n) is 8.11. The van der Waals surface area contributed by atoms with Gasteiger partial charge in [-0.25, -0.2) is 4.79 Å². The van der Waals surface area contributed by atoms with Crippen molar-refractivity contribution in [3.63, 3.8) is 0 Å². The molecule has 1 aliphatic rings. The van der Waals surface area contributed by atoms with E-state index in [1.54, 1.807) is 29.2 Å². The third-order valence-corrected chi connectivity index (χ3v) is 6.11. The molecule has 7 nitrogen and oxygen atoms in total. The molecule has 0 aromatic heterocycles. The number of rotatable bonds is 8. The molecule has 4 rings (SSSR count). The van der Waals surface area contributed by atoms with E-state index in [1.165, 1.54) is 24.3 Å². The molecule has 3 aromatic rings. The van der Waals surface area contributed by atoms with Crippen LogP contribution in [0.5, 0.6) is 5.75 Å². The topological polar surface area (TPSA) is 90.0 Å². The maximum absolute atomic E-state index is 12.5. The number of benzene rings is 3. The standard InChI is InChI=1S/C27H22BrNO6/c28-22-10-6-20(7-11-22)27(33)35-23-12-8-19(9-13-23)24(30)17-34-26(32)21-14-25(31)29(16-21)15-18-4-2-1-3-5-18/h1-13,21H,14-17H2/t21-/m1/s1. The molecular weight excluding hydrogens is 514 g/mol. The van der Waals surface area contributed by atoms with Crippen molar-refractivity contribution >= 4 is 39.6 Å². The molecule has 1 saturated heterocycles. The second kappa shape index (κ2) is 11.1. The van der Waals surface area contributed by atoms with Crippen molar-refractivity contribution in [2.45, 2.75) is 13.0 Å². The van der Waals surface area contributed by atoms with Gasteiger partial charge in [-0.05, 0) is 54.1 Å². The molecule has 178 valence electrons. The number of amides is 1. The molecule has 1 heterocycles. The number of likely N-dealkylation sites (tertiary alicyclic amines) is 1. The van der Waals surface area contributed by atoms with Gasteiger partial charge in [0.25, 0.3) is 0 Å². The van der Waals surface area contributed by atoms with Gasteiger partial charge in [0.05, 0.1) is 11.5 Å². The summed E-state index contributed by atoms with van der Waals surface area (Å²) in [5.74, 6) is -1.90. The van der Waals surface area contributed by atoms with Crippen LogP contribution in [0.4, 0.5) is 0 Å². The molecule has 3 aromatic carbocycles. The third-order valence-electron chi connectivity index (χ3n) is 5.58. The predicted octanol–water partition coefficient (Wildman–Crippen LogP) is 4.44. The SMILES string of the molecule is O=C(COC(=O)[C@@H]1CC(=O)N(Cc2ccccc2)C1)c1ccc(OC(=O)c2ccc(Br)cc2)cc1. The van der Waals surface area contributed by atoms with E-state index >= 15 is 0 Å². The van der Waals surface area contributed by atoms with Crippen LogP contribution in [0.15, 0.2) is 83.3 Å². The van der Waals surface area contributed by atoms with E-state index in [1.807, 2.05) is 30.3 Å². The zero-order valence-corrected chi connectivity index (χ0v) is 20.3. The summed E-state index contributed by atoms with van der Waals surface area (Å²) in [5.41, 5.74) is 1.69. The minimum Gasteiger partial charge on any atom is -0.457 e. The lowest BCUT2D eigenvalue weighted by Crippen LogP contribution is -2.27. The van der Waals surface area contributed by atoms with Crippen LogP contribution in [0.25, 0.3) is 0 Å². The smallest absolute Gasteiger partial charge is 0.343 e. The number of carbonyl (C=O) groups is 4. The van der Waals surface area contributed by atoms with Crippen molar-refractivity contribution in [1.82, 2.24) is 4.90 Å². The van der Waals surface area contributed by atoms with Gasteiger partial charge in [0, 0.05) is 29.5 Å². The van der Waals surface area contributed by atoms with Crippen molar-refractivity contribution in [3.8, 4) is 5.75 Å². The van der Waals surface area contributed by atoms with Crippen LogP contribution < -0.4 is 4.74 Å². The van der Waals surface area contributed by atoms with Crippen LogP contribution in [0.1, 0.15) is 32.7 Å². The zero-order valence-electron chi connectivity index (χ0n) is 18.7.